The van der Waals surface area contributed by atoms with Crippen molar-refractivity contribution in [3.05, 3.63) is 65.7 Å². The molecule has 204 valence electrons. The topological polar surface area (TPSA) is 104 Å². The first-order valence-corrected chi connectivity index (χ1v) is 14.5. The quantitative estimate of drug-likeness (QED) is 0.297. The van der Waals surface area contributed by atoms with E-state index in [1.54, 1.807) is 24.3 Å². The van der Waals surface area contributed by atoms with Gasteiger partial charge in [-0.05, 0) is 37.5 Å². The zero-order valence-electron chi connectivity index (χ0n) is 22.3. The minimum absolute atomic E-state index is 0.0122. The van der Waals surface area contributed by atoms with Crippen molar-refractivity contribution in [3.63, 3.8) is 0 Å². The molecule has 2 aromatic carbocycles. The number of nitrogens with one attached hydrogen (secondary N) is 1. The van der Waals surface area contributed by atoms with E-state index in [-0.39, 0.29) is 16.9 Å². The lowest BCUT2D eigenvalue weighted by molar-refractivity contribution is -0.133. The molecule has 2 heterocycles. The van der Waals surface area contributed by atoms with Gasteiger partial charge in [0.05, 0.1) is 18.0 Å². The average molecular weight is 540 g/mol. The van der Waals surface area contributed by atoms with Crippen molar-refractivity contribution in [2.45, 2.75) is 50.6 Å². The van der Waals surface area contributed by atoms with Crippen molar-refractivity contribution in [1.29, 1.82) is 0 Å². The summed E-state index contributed by atoms with van der Waals surface area (Å²) in [6.45, 7) is 7.82. The fraction of sp³-hybridized carbons (Fsp3) is 0.464. The Morgan fingerprint density at radius 3 is 2.42 bits per heavy atom. The molecular formula is C28H37N5O4S. The molecule has 1 saturated heterocycles. The van der Waals surface area contributed by atoms with Crippen LogP contribution in [0.15, 0.2) is 69.0 Å². The number of carbonyl (C=O) groups is 1. The summed E-state index contributed by atoms with van der Waals surface area (Å²) in [4.78, 5) is 16.6. The second-order valence-corrected chi connectivity index (χ2v) is 11.6. The smallest absolute Gasteiger partial charge is 0.354 e. The first kappa shape index (κ1) is 27.8. The highest BCUT2D eigenvalue weighted by atomic mass is 32.2. The van der Waals surface area contributed by atoms with E-state index in [9.17, 15) is 13.2 Å². The van der Waals surface area contributed by atoms with E-state index in [4.69, 9.17) is 4.74 Å². The molecule has 0 spiro atoms. The number of hydrogen-bond acceptors (Lipinski definition) is 7. The Bertz CT molecular complexity index is 1250. The third-order valence-electron chi connectivity index (χ3n) is 7.23. The molecule has 9 nitrogen and oxygen atoms in total. The number of amidine groups is 1. The normalized spacial score (nSPS) is 20.7. The van der Waals surface area contributed by atoms with Gasteiger partial charge in [-0.2, -0.15) is 13.5 Å². The Labute approximate surface area is 225 Å². The fourth-order valence-electron chi connectivity index (χ4n) is 4.86. The van der Waals surface area contributed by atoms with Gasteiger partial charge in [0, 0.05) is 45.1 Å². The molecule has 0 aromatic heterocycles. The Morgan fingerprint density at radius 2 is 1.76 bits per heavy atom. The number of benzene rings is 2. The van der Waals surface area contributed by atoms with Crippen LogP contribution in [0, 0.1) is 12.8 Å². The molecule has 0 saturated carbocycles. The zero-order valence-corrected chi connectivity index (χ0v) is 23.2. The van der Waals surface area contributed by atoms with Gasteiger partial charge in [0.15, 0.2) is 0 Å². The van der Waals surface area contributed by atoms with Crippen LogP contribution < -0.4 is 5.43 Å². The van der Waals surface area contributed by atoms with Crippen LogP contribution in [0.1, 0.15) is 37.3 Å². The summed E-state index contributed by atoms with van der Waals surface area (Å²) in [6.07, 6.45) is 1.95. The summed E-state index contributed by atoms with van der Waals surface area (Å²) in [5.74, 6) is 0.0812. The van der Waals surface area contributed by atoms with E-state index in [0.29, 0.717) is 37.5 Å². The number of sulfonamides is 1. The van der Waals surface area contributed by atoms with E-state index in [2.05, 4.69) is 36.9 Å². The van der Waals surface area contributed by atoms with Gasteiger partial charge in [-0.1, -0.05) is 55.0 Å². The van der Waals surface area contributed by atoms with E-state index in [1.807, 2.05) is 32.0 Å². The van der Waals surface area contributed by atoms with Crippen molar-refractivity contribution in [1.82, 2.24) is 15.2 Å². The number of aryl methyl sites for hydroxylation is 1. The van der Waals surface area contributed by atoms with Crippen LogP contribution in [0.3, 0.4) is 0 Å². The number of methoxy groups -OCH3 is 1. The van der Waals surface area contributed by atoms with Crippen molar-refractivity contribution in [3.8, 4) is 0 Å². The molecule has 2 aliphatic heterocycles. The summed E-state index contributed by atoms with van der Waals surface area (Å²) >= 11 is 0. The monoisotopic (exact) mass is 539 g/mol. The third-order valence-corrected chi connectivity index (χ3v) is 8.55. The molecule has 0 aliphatic carbocycles. The largest absolute Gasteiger partial charge is 0.464 e. The van der Waals surface area contributed by atoms with Crippen molar-refractivity contribution < 1.29 is 17.9 Å². The van der Waals surface area contributed by atoms with Gasteiger partial charge in [0.25, 0.3) is 10.0 Å². The number of rotatable bonds is 9. The Kier molecular flexibility index (Phi) is 9.17. The molecule has 0 amide bonds. The predicted molar refractivity (Wildman–Crippen MR) is 148 cm³/mol. The minimum Gasteiger partial charge on any atom is -0.464 e. The number of piperazine rings is 1. The van der Waals surface area contributed by atoms with Gasteiger partial charge in [0.2, 0.25) is 0 Å². The maximum absolute atomic E-state index is 13.2. The highest BCUT2D eigenvalue weighted by molar-refractivity contribution is 7.90. The molecule has 4 rings (SSSR count). The summed E-state index contributed by atoms with van der Waals surface area (Å²) < 4.78 is 35.6. The second kappa shape index (κ2) is 12.5. The van der Waals surface area contributed by atoms with Crippen LogP contribution >= 0.6 is 0 Å². The standard InChI is InChI=1S/C28H37N5O4S/c1-21-12-14-24(15-13-21)38(35,36)31-26(11-7-10-25-22(2)27(30-29-25)28(34)37-3)33-18-16-32(17-19-33)20-23-8-5-4-6-9-23/h4-6,8-9,12-15,22,25,29H,7,10-11,16-20H2,1-3H3/b31-26-/t22-,25-/m1/s1. The average Bonchev–Trinajstić information content (AvgIpc) is 3.29. The molecule has 1 N–H and O–H groups in total. The van der Waals surface area contributed by atoms with Gasteiger partial charge in [-0.3, -0.25) is 4.90 Å². The number of ether oxygens (including phenoxy) is 1. The molecule has 2 aliphatic rings. The zero-order chi connectivity index (χ0) is 27.1. The van der Waals surface area contributed by atoms with Crippen molar-refractivity contribution in [2.24, 2.45) is 15.4 Å². The first-order valence-electron chi connectivity index (χ1n) is 13.1. The second-order valence-electron chi connectivity index (χ2n) is 9.95. The number of hydrazone groups is 1. The van der Waals surface area contributed by atoms with E-state index in [1.165, 1.54) is 12.7 Å². The van der Waals surface area contributed by atoms with Gasteiger partial charge in [-0.15, -0.1) is 4.40 Å². The predicted octanol–water partition coefficient (Wildman–Crippen LogP) is 3.21. The Hall–Kier alpha value is -3.24. The summed E-state index contributed by atoms with van der Waals surface area (Å²) in [5.41, 5.74) is 5.70. The molecule has 0 bridgehead atoms. The Balaban J connectivity index is 1.43. The summed E-state index contributed by atoms with van der Waals surface area (Å²) in [5, 5.41) is 4.16. The van der Waals surface area contributed by atoms with Gasteiger partial charge in [0.1, 0.15) is 11.5 Å². The first-order chi connectivity index (χ1) is 18.3. The van der Waals surface area contributed by atoms with Crippen LogP contribution in [0.4, 0.5) is 0 Å². The van der Waals surface area contributed by atoms with Crippen molar-refractivity contribution >= 4 is 27.5 Å². The molecular weight excluding hydrogens is 502 g/mol. The lowest BCUT2D eigenvalue weighted by atomic mass is 9.94. The molecule has 10 heteroatoms. The lowest BCUT2D eigenvalue weighted by Gasteiger charge is -2.36. The number of carbonyl (C=O) groups excluding carboxylic acids is 1. The molecule has 0 radical (unpaired) electrons. The third kappa shape index (κ3) is 6.99. The van der Waals surface area contributed by atoms with Crippen LogP contribution in [0.2, 0.25) is 0 Å². The van der Waals surface area contributed by atoms with E-state index < -0.39 is 16.0 Å². The number of esters is 1. The van der Waals surface area contributed by atoms with Crippen molar-refractivity contribution in [2.75, 3.05) is 33.3 Å². The number of hydrogen-bond donors (Lipinski definition) is 1. The van der Waals surface area contributed by atoms with E-state index >= 15 is 0 Å². The molecule has 0 unspecified atom stereocenters. The van der Waals surface area contributed by atoms with Crippen LogP contribution in [0.5, 0.6) is 0 Å². The van der Waals surface area contributed by atoms with Gasteiger partial charge < -0.3 is 15.1 Å². The highest BCUT2D eigenvalue weighted by Crippen LogP contribution is 2.21. The van der Waals surface area contributed by atoms with Crippen LogP contribution in [-0.2, 0) is 26.1 Å². The van der Waals surface area contributed by atoms with Gasteiger partial charge >= 0.3 is 5.97 Å². The minimum atomic E-state index is -3.84. The lowest BCUT2D eigenvalue weighted by Crippen LogP contribution is -2.48. The highest BCUT2D eigenvalue weighted by Gasteiger charge is 2.32. The SMILES string of the molecule is COC(=O)C1=NN[C@H](CCC/C(=N/S(=O)(=O)c2ccc(C)cc2)N2CCN(Cc3ccccc3)CC2)[C@H]1C. The maximum Gasteiger partial charge on any atom is 0.354 e. The molecule has 2 atom stereocenters. The molecule has 1 fully saturated rings. The fourth-order valence-corrected chi connectivity index (χ4v) is 5.93. The molecule has 38 heavy (non-hydrogen) atoms. The maximum atomic E-state index is 13.2. The summed E-state index contributed by atoms with van der Waals surface area (Å²) in [6, 6.07) is 17.1. The number of nitrogens with zero attached hydrogens (tertiary/aromatic N) is 4. The summed E-state index contributed by atoms with van der Waals surface area (Å²) in [7, 11) is -2.49. The van der Waals surface area contributed by atoms with E-state index in [0.717, 1.165) is 31.6 Å². The molecule has 2 aromatic rings. The van der Waals surface area contributed by atoms with Gasteiger partial charge in [-0.25, -0.2) is 4.79 Å². The Morgan fingerprint density at radius 1 is 1.08 bits per heavy atom. The van der Waals surface area contributed by atoms with Crippen LogP contribution in [-0.4, -0.2) is 75.1 Å². The van der Waals surface area contributed by atoms with Crippen LogP contribution in [0.25, 0.3) is 0 Å².